The Morgan fingerprint density at radius 1 is 1.07 bits per heavy atom. The highest BCUT2D eigenvalue weighted by molar-refractivity contribution is 8.00. The van der Waals surface area contributed by atoms with E-state index < -0.39 is 17.7 Å². The van der Waals surface area contributed by atoms with Crippen LogP contribution in [-0.2, 0) is 15.3 Å². The lowest BCUT2D eigenvalue weighted by atomic mass is 9.95. The van der Waals surface area contributed by atoms with Gasteiger partial charge in [0, 0.05) is 11.3 Å². The van der Waals surface area contributed by atoms with E-state index in [0.717, 1.165) is 16.9 Å². The molecule has 8 nitrogen and oxygen atoms in total. The van der Waals surface area contributed by atoms with Crippen LogP contribution in [0.3, 0.4) is 0 Å². The van der Waals surface area contributed by atoms with Gasteiger partial charge in [0.1, 0.15) is 18.2 Å². The number of nitrogens with zero attached hydrogens (tertiary/aromatic N) is 3. The fraction of sp³-hybridized carbons (Fsp3) is 0.161. The van der Waals surface area contributed by atoms with Gasteiger partial charge < -0.3 is 14.6 Å². The van der Waals surface area contributed by atoms with Gasteiger partial charge in [-0.25, -0.2) is 4.39 Å². The minimum atomic E-state index is -1.01. The number of halogens is 1. The zero-order valence-corrected chi connectivity index (χ0v) is 24.2. The molecule has 4 aromatic rings. The van der Waals surface area contributed by atoms with E-state index >= 15 is 0 Å². The van der Waals surface area contributed by atoms with E-state index in [1.807, 2.05) is 6.92 Å². The normalized spacial score (nSPS) is 16.0. The summed E-state index contributed by atoms with van der Waals surface area (Å²) >= 11 is 2.52. The van der Waals surface area contributed by atoms with Gasteiger partial charge in [0.05, 0.1) is 18.2 Å². The number of anilines is 1. The summed E-state index contributed by atoms with van der Waals surface area (Å²) in [4.78, 5) is 28.3. The van der Waals surface area contributed by atoms with E-state index in [9.17, 15) is 19.1 Å². The van der Waals surface area contributed by atoms with Crippen LogP contribution in [0.5, 0.6) is 11.5 Å². The first-order valence-electron chi connectivity index (χ1n) is 13.0. The smallest absolute Gasteiger partial charge is 0.301 e. The Morgan fingerprint density at radius 3 is 2.55 bits per heavy atom. The molecule has 0 aliphatic carbocycles. The van der Waals surface area contributed by atoms with E-state index in [1.165, 1.54) is 28.8 Å². The summed E-state index contributed by atoms with van der Waals surface area (Å²) in [5, 5.41) is 20.0. The maximum Gasteiger partial charge on any atom is 0.301 e. The van der Waals surface area contributed by atoms with Crippen molar-refractivity contribution >= 4 is 45.7 Å². The number of Topliss-reactive ketones (excluding diaryl/α,β-unsaturated/α-hetero) is 1. The van der Waals surface area contributed by atoms with Crippen molar-refractivity contribution < 1.29 is 28.6 Å². The molecule has 2 heterocycles. The molecule has 1 fully saturated rings. The summed E-state index contributed by atoms with van der Waals surface area (Å²) in [6.07, 6.45) is 1.61. The number of amides is 1. The van der Waals surface area contributed by atoms with Crippen molar-refractivity contribution in [3.05, 3.63) is 114 Å². The number of ketones is 1. The van der Waals surface area contributed by atoms with Gasteiger partial charge in [-0.3, -0.25) is 14.5 Å². The van der Waals surface area contributed by atoms with Gasteiger partial charge in [-0.1, -0.05) is 84.3 Å². The molecule has 0 saturated carbocycles. The number of rotatable bonds is 11. The SMILES string of the molecule is C=CCOc1ccc(C2C(=C(O)c3ccccc3)C(=O)C(=O)N2c2nnc(SCc3ccc(F)cc3)s2)cc1OCC. The Bertz CT molecular complexity index is 1640. The predicted molar refractivity (Wildman–Crippen MR) is 160 cm³/mol. The van der Waals surface area contributed by atoms with Gasteiger partial charge in [0.25, 0.3) is 5.78 Å². The lowest BCUT2D eigenvalue weighted by molar-refractivity contribution is -0.132. The molecule has 1 atom stereocenters. The summed E-state index contributed by atoms with van der Waals surface area (Å²) in [6, 6.07) is 18.8. The average molecular weight is 604 g/mol. The van der Waals surface area contributed by atoms with Crippen LogP contribution in [0.1, 0.15) is 29.7 Å². The molecule has 1 N–H and O–H groups in total. The highest BCUT2D eigenvalue weighted by atomic mass is 32.2. The van der Waals surface area contributed by atoms with Crippen LogP contribution in [0, 0.1) is 5.82 Å². The summed E-state index contributed by atoms with van der Waals surface area (Å²) in [6.45, 7) is 6.12. The molecule has 11 heteroatoms. The lowest BCUT2D eigenvalue weighted by Crippen LogP contribution is -2.29. The van der Waals surface area contributed by atoms with Crippen LogP contribution in [-0.4, -0.2) is 40.2 Å². The third-order valence-corrected chi connectivity index (χ3v) is 8.44. The van der Waals surface area contributed by atoms with Crippen molar-refractivity contribution in [3.8, 4) is 11.5 Å². The van der Waals surface area contributed by atoms with Crippen molar-refractivity contribution in [2.75, 3.05) is 18.1 Å². The molecule has 1 saturated heterocycles. The van der Waals surface area contributed by atoms with Crippen LogP contribution in [0.4, 0.5) is 9.52 Å². The van der Waals surface area contributed by atoms with Crippen molar-refractivity contribution in [1.29, 1.82) is 0 Å². The Kier molecular flexibility index (Phi) is 8.99. The molecule has 1 aromatic heterocycles. The average Bonchev–Trinajstić information content (AvgIpc) is 3.58. The minimum Gasteiger partial charge on any atom is -0.507 e. The zero-order valence-electron chi connectivity index (χ0n) is 22.5. The second-order valence-electron chi connectivity index (χ2n) is 9.04. The molecule has 0 radical (unpaired) electrons. The summed E-state index contributed by atoms with van der Waals surface area (Å²) < 4.78 is 25.4. The molecule has 3 aromatic carbocycles. The summed E-state index contributed by atoms with van der Waals surface area (Å²) in [7, 11) is 0. The number of aliphatic hydroxyl groups excluding tert-OH is 1. The number of hydrogen-bond donors (Lipinski definition) is 1. The van der Waals surface area contributed by atoms with Crippen LogP contribution >= 0.6 is 23.1 Å². The molecular weight excluding hydrogens is 577 g/mol. The molecule has 1 aliphatic rings. The third-order valence-electron chi connectivity index (χ3n) is 6.31. The van der Waals surface area contributed by atoms with E-state index in [-0.39, 0.29) is 28.9 Å². The highest BCUT2D eigenvalue weighted by Gasteiger charge is 2.48. The van der Waals surface area contributed by atoms with E-state index in [2.05, 4.69) is 16.8 Å². The van der Waals surface area contributed by atoms with Crippen LogP contribution in [0.25, 0.3) is 5.76 Å². The molecule has 1 unspecified atom stereocenters. The lowest BCUT2D eigenvalue weighted by Gasteiger charge is -2.23. The first kappa shape index (κ1) is 29.0. The summed E-state index contributed by atoms with van der Waals surface area (Å²) in [5.41, 5.74) is 1.72. The summed E-state index contributed by atoms with van der Waals surface area (Å²) in [5.74, 6) is -0.918. The molecule has 42 heavy (non-hydrogen) atoms. The van der Waals surface area contributed by atoms with Crippen LogP contribution < -0.4 is 14.4 Å². The van der Waals surface area contributed by atoms with Gasteiger partial charge in [0.2, 0.25) is 5.13 Å². The van der Waals surface area contributed by atoms with E-state index in [0.29, 0.717) is 39.3 Å². The number of hydrogen-bond acceptors (Lipinski definition) is 9. The van der Waals surface area contributed by atoms with Crippen LogP contribution in [0.15, 0.2) is 95.4 Å². The quantitative estimate of drug-likeness (QED) is 0.0514. The number of ether oxygens (including phenoxy) is 2. The molecular formula is C31H26FN3O5S2. The van der Waals surface area contributed by atoms with Crippen LogP contribution in [0.2, 0.25) is 0 Å². The first-order valence-corrected chi connectivity index (χ1v) is 14.8. The predicted octanol–water partition coefficient (Wildman–Crippen LogP) is 6.56. The molecule has 0 spiro atoms. The van der Waals surface area contributed by atoms with Crippen molar-refractivity contribution in [1.82, 2.24) is 10.2 Å². The fourth-order valence-corrected chi connectivity index (χ4v) is 6.24. The molecule has 1 amide bonds. The number of carbonyl (C=O) groups is 2. The molecule has 1 aliphatic heterocycles. The molecule has 5 rings (SSSR count). The molecule has 214 valence electrons. The Labute approximate surface area is 250 Å². The monoisotopic (exact) mass is 603 g/mol. The van der Waals surface area contributed by atoms with E-state index in [4.69, 9.17) is 9.47 Å². The Hall–Kier alpha value is -4.48. The molecule has 0 bridgehead atoms. The Morgan fingerprint density at radius 2 is 1.83 bits per heavy atom. The van der Waals surface area contributed by atoms with Gasteiger partial charge in [0.15, 0.2) is 15.8 Å². The maximum atomic E-state index is 13.5. The third kappa shape index (κ3) is 6.07. The highest BCUT2D eigenvalue weighted by Crippen LogP contribution is 2.45. The standard InChI is InChI=1S/C31H26FN3O5S2/c1-3-16-40-23-15-12-21(17-24(23)39-4-2)26-25(27(36)20-8-6-5-7-9-20)28(37)29(38)35(26)30-33-34-31(42-30)41-18-19-10-13-22(32)14-11-19/h3,5-15,17,26,36H,1,4,16,18H2,2H3. The second kappa shape index (κ2) is 13.0. The number of thioether (sulfide) groups is 1. The topological polar surface area (TPSA) is 102 Å². The number of aliphatic hydroxyl groups is 1. The van der Waals surface area contributed by atoms with Crippen molar-refractivity contribution in [2.45, 2.75) is 23.1 Å². The maximum absolute atomic E-state index is 13.5. The van der Waals surface area contributed by atoms with Gasteiger partial charge >= 0.3 is 5.91 Å². The van der Waals surface area contributed by atoms with E-state index in [1.54, 1.807) is 66.7 Å². The Balaban J connectivity index is 1.56. The number of aromatic nitrogens is 2. The van der Waals surface area contributed by atoms with Gasteiger partial charge in [-0.2, -0.15) is 0 Å². The van der Waals surface area contributed by atoms with Crippen molar-refractivity contribution in [3.63, 3.8) is 0 Å². The zero-order chi connectivity index (χ0) is 29.6. The second-order valence-corrected chi connectivity index (χ2v) is 11.2. The minimum absolute atomic E-state index is 0.0795. The first-order chi connectivity index (χ1) is 20.4. The fourth-order valence-electron chi connectivity index (χ4n) is 4.41. The van der Waals surface area contributed by atoms with Gasteiger partial charge in [-0.05, 0) is 42.3 Å². The largest absolute Gasteiger partial charge is 0.507 e. The van der Waals surface area contributed by atoms with Crippen molar-refractivity contribution in [2.24, 2.45) is 0 Å². The number of benzene rings is 3. The number of carbonyl (C=O) groups excluding carboxylic acids is 2. The van der Waals surface area contributed by atoms with Gasteiger partial charge in [-0.15, -0.1) is 10.2 Å².